The fourth-order valence-electron chi connectivity index (χ4n) is 1.57. The molecule has 1 aliphatic carbocycles. The summed E-state index contributed by atoms with van der Waals surface area (Å²) in [7, 11) is 0. The number of allylic oxidation sites excluding steroid dienone is 1. The molecule has 0 N–H and O–H groups in total. The second kappa shape index (κ2) is 2.89. The maximum Gasteiger partial charge on any atom is -0.0132 e. The predicted molar refractivity (Wildman–Crippen MR) is 40.2 cm³/mol. The molecule has 0 spiro atoms. The zero-order valence-corrected chi connectivity index (χ0v) is 6.06. The van der Waals surface area contributed by atoms with Crippen molar-refractivity contribution in [1.29, 1.82) is 0 Å². The molecule has 2 atom stereocenters. The highest BCUT2D eigenvalue weighted by atomic mass is 14.2. The summed E-state index contributed by atoms with van der Waals surface area (Å²) in [5, 5.41) is 0. The van der Waals surface area contributed by atoms with Gasteiger partial charge >= 0.3 is 0 Å². The van der Waals surface area contributed by atoms with Crippen molar-refractivity contribution in [1.82, 2.24) is 0 Å². The molecule has 0 aromatic heterocycles. The summed E-state index contributed by atoms with van der Waals surface area (Å²) in [4.78, 5) is 0. The molecule has 0 heterocycles. The summed E-state index contributed by atoms with van der Waals surface area (Å²) in [6.07, 6.45) is 6.26. The van der Waals surface area contributed by atoms with E-state index in [0.717, 1.165) is 11.8 Å². The van der Waals surface area contributed by atoms with E-state index >= 15 is 0 Å². The molecule has 50 valence electrons. The Morgan fingerprint density at radius 1 is 1.56 bits per heavy atom. The highest BCUT2D eigenvalue weighted by Crippen LogP contribution is 2.31. The molecule has 0 nitrogen and oxygen atoms in total. The molecule has 0 bridgehead atoms. The van der Waals surface area contributed by atoms with Gasteiger partial charge in [-0.2, -0.15) is 0 Å². The summed E-state index contributed by atoms with van der Waals surface area (Å²) in [6.45, 7) is 5.89. The monoisotopic (exact) mass is 122 g/mol. The van der Waals surface area contributed by atoms with Crippen LogP contribution >= 0.6 is 0 Å². The zero-order valence-electron chi connectivity index (χ0n) is 6.06. The molecular weight excluding hydrogens is 108 g/mol. The van der Waals surface area contributed by atoms with Crippen LogP contribution in [0.4, 0.5) is 0 Å². The fourth-order valence-corrected chi connectivity index (χ4v) is 1.57. The van der Waals surface area contributed by atoms with Crippen LogP contribution in [0.15, 0.2) is 18.4 Å². The summed E-state index contributed by atoms with van der Waals surface area (Å²) < 4.78 is 0. The highest BCUT2D eigenvalue weighted by molar-refractivity contribution is 4.90. The van der Waals surface area contributed by atoms with Gasteiger partial charge in [-0.05, 0) is 24.3 Å². The van der Waals surface area contributed by atoms with Crippen molar-refractivity contribution in [2.45, 2.75) is 26.2 Å². The van der Waals surface area contributed by atoms with Crippen LogP contribution in [0.2, 0.25) is 0 Å². The second-order valence-corrected chi connectivity index (χ2v) is 2.94. The van der Waals surface area contributed by atoms with Gasteiger partial charge in [0, 0.05) is 0 Å². The number of hydrogen-bond acceptors (Lipinski definition) is 0. The molecule has 0 radical (unpaired) electrons. The molecule has 0 aliphatic heterocycles. The molecule has 0 aromatic carbocycles. The highest BCUT2D eigenvalue weighted by Gasteiger charge is 2.19. The Bertz CT molecular complexity index is 129. The first-order valence-electron chi connectivity index (χ1n) is 3.70. The van der Waals surface area contributed by atoms with Gasteiger partial charge in [-0.15, -0.1) is 5.73 Å². The summed E-state index contributed by atoms with van der Waals surface area (Å²) in [5.41, 5.74) is 2.87. The van der Waals surface area contributed by atoms with Crippen LogP contribution in [0, 0.1) is 11.8 Å². The molecule has 1 rings (SSSR count). The summed E-state index contributed by atoms with van der Waals surface area (Å²) >= 11 is 0. The fraction of sp³-hybridized carbons (Fsp3) is 0.667. The summed E-state index contributed by atoms with van der Waals surface area (Å²) in [5.74, 6) is 1.65. The normalized spacial score (nSPS) is 33.9. The van der Waals surface area contributed by atoms with Crippen LogP contribution in [-0.2, 0) is 0 Å². The van der Waals surface area contributed by atoms with Crippen molar-refractivity contribution in [2.24, 2.45) is 11.8 Å². The van der Waals surface area contributed by atoms with E-state index in [1.807, 2.05) is 0 Å². The molecule has 0 heteroatoms. The summed E-state index contributed by atoms with van der Waals surface area (Å²) in [6, 6.07) is 0. The minimum Gasteiger partial charge on any atom is -0.133 e. The van der Waals surface area contributed by atoms with E-state index in [4.69, 9.17) is 0 Å². The van der Waals surface area contributed by atoms with E-state index in [1.54, 1.807) is 0 Å². The first-order valence-corrected chi connectivity index (χ1v) is 3.70. The van der Waals surface area contributed by atoms with Crippen LogP contribution in [0.25, 0.3) is 0 Å². The molecule has 0 aromatic rings. The lowest BCUT2D eigenvalue weighted by Crippen LogP contribution is -1.97. The van der Waals surface area contributed by atoms with Crippen molar-refractivity contribution in [2.75, 3.05) is 0 Å². The first-order chi connectivity index (χ1) is 4.34. The van der Waals surface area contributed by atoms with Crippen molar-refractivity contribution >= 4 is 0 Å². The molecule has 0 amide bonds. The smallest absolute Gasteiger partial charge is 0.0132 e. The standard InChI is InChI=1S/C9H14/c1-3-5-9-7-4-6-8(9)2/h5,8-9H,1,4,6-7H2,2H3/t8-,9-/m1/s1. The topological polar surface area (TPSA) is 0 Å². The second-order valence-electron chi connectivity index (χ2n) is 2.94. The Kier molecular flexibility index (Phi) is 2.13. The minimum absolute atomic E-state index is 0.780. The lowest BCUT2D eigenvalue weighted by Gasteiger charge is -2.06. The van der Waals surface area contributed by atoms with Gasteiger partial charge < -0.3 is 0 Å². The largest absolute Gasteiger partial charge is 0.133 e. The van der Waals surface area contributed by atoms with Crippen molar-refractivity contribution < 1.29 is 0 Å². The predicted octanol–water partition coefficient (Wildman–Crippen LogP) is 2.76. The third-order valence-electron chi connectivity index (χ3n) is 2.26. The van der Waals surface area contributed by atoms with Crippen LogP contribution < -0.4 is 0 Å². The Balaban J connectivity index is 2.49. The molecular formula is C9H14. The van der Waals surface area contributed by atoms with Gasteiger partial charge in [-0.1, -0.05) is 26.3 Å². The number of rotatable bonds is 1. The quantitative estimate of drug-likeness (QED) is 0.469. The Morgan fingerprint density at radius 3 is 2.78 bits per heavy atom. The maximum atomic E-state index is 3.58. The van der Waals surface area contributed by atoms with Gasteiger partial charge in [0.05, 0.1) is 0 Å². The van der Waals surface area contributed by atoms with Gasteiger partial charge in [0.15, 0.2) is 0 Å². The minimum atomic E-state index is 0.780. The Morgan fingerprint density at radius 2 is 2.33 bits per heavy atom. The average molecular weight is 122 g/mol. The third kappa shape index (κ3) is 1.46. The van der Waals surface area contributed by atoms with E-state index < -0.39 is 0 Å². The van der Waals surface area contributed by atoms with Crippen molar-refractivity contribution in [3.05, 3.63) is 18.4 Å². The number of hydrogen-bond donors (Lipinski definition) is 0. The lowest BCUT2D eigenvalue weighted by atomic mass is 9.98. The Hall–Kier alpha value is -0.480. The van der Waals surface area contributed by atoms with Crippen molar-refractivity contribution in [3.63, 3.8) is 0 Å². The van der Waals surface area contributed by atoms with Gasteiger partial charge in [-0.25, -0.2) is 0 Å². The molecule has 0 unspecified atom stereocenters. The van der Waals surface area contributed by atoms with Crippen LogP contribution in [0.5, 0.6) is 0 Å². The van der Waals surface area contributed by atoms with Crippen LogP contribution in [-0.4, -0.2) is 0 Å². The van der Waals surface area contributed by atoms with E-state index in [1.165, 1.54) is 19.3 Å². The van der Waals surface area contributed by atoms with Gasteiger partial charge in [0.1, 0.15) is 0 Å². The van der Waals surface area contributed by atoms with Crippen LogP contribution in [0.3, 0.4) is 0 Å². The third-order valence-corrected chi connectivity index (χ3v) is 2.26. The molecule has 1 fully saturated rings. The van der Waals surface area contributed by atoms with E-state index in [0.29, 0.717) is 0 Å². The first kappa shape index (κ1) is 6.64. The van der Waals surface area contributed by atoms with Gasteiger partial charge in [0.2, 0.25) is 0 Å². The van der Waals surface area contributed by atoms with Gasteiger partial charge in [-0.3, -0.25) is 0 Å². The molecule has 1 aliphatic rings. The molecule has 9 heavy (non-hydrogen) atoms. The average Bonchev–Trinajstić information content (AvgIpc) is 2.18. The molecule has 0 saturated heterocycles. The van der Waals surface area contributed by atoms with E-state index in [-0.39, 0.29) is 0 Å². The van der Waals surface area contributed by atoms with Crippen LogP contribution in [0.1, 0.15) is 26.2 Å². The SMILES string of the molecule is C=C=C[C@@H]1CCC[C@H]1C. The molecule has 1 saturated carbocycles. The van der Waals surface area contributed by atoms with Crippen molar-refractivity contribution in [3.8, 4) is 0 Å². The lowest BCUT2D eigenvalue weighted by molar-refractivity contribution is 0.504. The Labute approximate surface area is 57.3 Å². The van der Waals surface area contributed by atoms with Gasteiger partial charge in [0.25, 0.3) is 0 Å². The van der Waals surface area contributed by atoms with E-state index in [9.17, 15) is 0 Å². The maximum absolute atomic E-state index is 3.58. The zero-order chi connectivity index (χ0) is 6.69. The van der Waals surface area contributed by atoms with E-state index in [2.05, 4.69) is 25.3 Å².